The predicted octanol–water partition coefficient (Wildman–Crippen LogP) is 3.65. The minimum atomic E-state index is 0.615. The molecule has 74 valence electrons. The summed E-state index contributed by atoms with van der Waals surface area (Å²) in [6.45, 7) is 0. The molecule has 3 rings (SSSR count). The Kier molecular flexibility index (Phi) is 1.79. The number of aliphatic hydroxyl groups excluding tert-OH is 1. The lowest BCUT2D eigenvalue weighted by molar-refractivity contribution is 0.403. The van der Waals surface area contributed by atoms with Crippen LogP contribution in [0.5, 0.6) is 0 Å². The van der Waals surface area contributed by atoms with Crippen LogP contribution in [-0.2, 0) is 0 Å². The fourth-order valence-corrected chi connectivity index (χ4v) is 3.13. The van der Waals surface area contributed by atoms with Gasteiger partial charge in [-0.15, -0.1) is 0 Å². The van der Waals surface area contributed by atoms with Gasteiger partial charge in [-0.3, -0.25) is 0 Å². The molecule has 3 aliphatic rings. The minimum absolute atomic E-state index is 0.615. The summed E-state index contributed by atoms with van der Waals surface area (Å²) in [7, 11) is 0. The monoisotopic (exact) mass is 188 g/mol. The molecule has 1 saturated carbocycles. The van der Waals surface area contributed by atoms with E-state index in [0.29, 0.717) is 11.7 Å². The van der Waals surface area contributed by atoms with Gasteiger partial charge in [0.25, 0.3) is 0 Å². The first-order valence-electron chi connectivity index (χ1n) is 5.70. The van der Waals surface area contributed by atoms with E-state index in [4.69, 9.17) is 0 Å². The van der Waals surface area contributed by atoms with E-state index < -0.39 is 0 Å². The Bertz CT molecular complexity index is 357. The molecule has 0 aromatic heterocycles. The van der Waals surface area contributed by atoms with Crippen molar-refractivity contribution in [1.29, 1.82) is 0 Å². The van der Waals surface area contributed by atoms with Crippen molar-refractivity contribution in [3.05, 3.63) is 34.6 Å². The average Bonchev–Trinajstić information content (AvgIpc) is 2.55. The van der Waals surface area contributed by atoms with E-state index in [2.05, 4.69) is 12.2 Å². The normalized spacial score (nSPS) is 30.7. The third-order valence-electron chi connectivity index (χ3n) is 3.80. The Labute approximate surface area is 84.8 Å². The van der Waals surface area contributed by atoms with Gasteiger partial charge in [-0.2, -0.15) is 0 Å². The number of fused-ring (bicyclic) bond motifs is 2. The highest BCUT2D eigenvalue weighted by Crippen LogP contribution is 2.47. The Balaban J connectivity index is 2.05. The molecule has 0 aliphatic heterocycles. The van der Waals surface area contributed by atoms with E-state index in [9.17, 15) is 5.11 Å². The Hall–Kier alpha value is -0.980. The molecule has 0 spiro atoms. The van der Waals surface area contributed by atoms with Gasteiger partial charge in [0, 0.05) is 11.5 Å². The smallest absolute Gasteiger partial charge is 0.122 e. The van der Waals surface area contributed by atoms with Gasteiger partial charge in [-0.05, 0) is 37.7 Å². The third kappa shape index (κ3) is 1.01. The summed E-state index contributed by atoms with van der Waals surface area (Å²) >= 11 is 0. The Morgan fingerprint density at radius 1 is 1.14 bits per heavy atom. The maximum atomic E-state index is 10.1. The highest BCUT2D eigenvalue weighted by atomic mass is 16.3. The van der Waals surface area contributed by atoms with Gasteiger partial charge in [0.2, 0.25) is 0 Å². The van der Waals surface area contributed by atoms with Crippen molar-refractivity contribution in [2.24, 2.45) is 5.92 Å². The van der Waals surface area contributed by atoms with E-state index >= 15 is 0 Å². The van der Waals surface area contributed by atoms with E-state index in [1.54, 1.807) is 0 Å². The minimum Gasteiger partial charge on any atom is -0.507 e. The van der Waals surface area contributed by atoms with Crippen LogP contribution in [0.4, 0.5) is 0 Å². The van der Waals surface area contributed by atoms with Crippen molar-refractivity contribution in [3.8, 4) is 0 Å². The SMILES string of the molecule is OC1=C2CCCCC2C2=C1C=CCC2. The number of allylic oxidation sites excluding steroid dienone is 4. The lowest BCUT2D eigenvalue weighted by atomic mass is 9.80. The van der Waals surface area contributed by atoms with Crippen LogP contribution in [0.15, 0.2) is 34.6 Å². The molecule has 0 aromatic carbocycles. The van der Waals surface area contributed by atoms with Crippen LogP contribution in [0, 0.1) is 5.92 Å². The molecule has 0 saturated heterocycles. The maximum absolute atomic E-state index is 10.1. The summed E-state index contributed by atoms with van der Waals surface area (Å²) in [5, 5.41) is 10.1. The molecule has 0 bridgehead atoms. The summed E-state index contributed by atoms with van der Waals surface area (Å²) in [5.74, 6) is 1.24. The van der Waals surface area contributed by atoms with E-state index in [1.165, 1.54) is 36.8 Å². The fourth-order valence-electron chi connectivity index (χ4n) is 3.13. The lowest BCUT2D eigenvalue weighted by Gasteiger charge is -2.24. The summed E-state index contributed by atoms with van der Waals surface area (Å²) in [4.78, 5) is 0. The van der Waals surface area contributed by atoms with Gasteiger partial charge in [0.05, 0.1) is 0 Å². The highest BCUT2D eigenvalue weighted by Gasteiger charge is 2.34. The van der Waals surface area contributed by atoms with Crippen LogP contribution in [0.2, 0.25) is 0 Å². The molecule has 1 atom stereocenters. The van der Waals surface area contributed by atoms with Crippen LogP contribution in [0.3, 0.4) is 0 Å². The number of hydrogen-bond donors (Lipinski definition) is 1. The summed E-state index contributed by atoms with van der Waals surface area (Å²) < 4.78 is 0. The Morgan fingerprint density at radius 2 is 2.07 bits per heavy atom. The summed E-state index contributed by atoms with van der Waals surface area (Å²) in [6, 6.07) is 0. The molecule has 0 radical (unpaired) electrons. The number of hydrogen-bond acceptors (Lipinski definition) is 1. The zero-order chi connectivity index (χ0) is 9.54. The van der Waals surface area contributed by atoms with Crippen LogP contribution >= 0.6 is 0 Å². The van der Waals surface area contributed by atoms with Crippen molar-refractivity contribution in [1.82, 2.24) is 0 Å². The van der Waals surface area contributed by atoms with Crippen LogP contribution < -0.4 is 0 Å². The van der Waals surface area contributed by atoms with Crippen molar-refractivity contribution < 1.29 is 5.11 Å². The second-order valence-corrected chi connectivity index (χ2v) is 4.55. The standard InChI is InChI=1S/C13H16O/c14-13-11-7-3-1-5-9(11)10-6-2-4-8-12(10)13/h3,7,10,14H,1-2,4-6,8H2. The molecule has 3 aliphatic carbocycles. The van der Waals surface area contributed by atoms with Crippen LogP contribution in [-0.4, -0.2) is 5.11 Å². The second-order valence-electron chi connectivity index (χ2n) is 4.55. The van der Waals surface area contributed by atoms with Gasteiger partial charge in [0.1, 0.15) is 5.76 Å². The average molecular weight is 188 g/mol. The molecular weight excluding hydrogens is 172 g/mol. The van der Waals surface area contributed by atoms with Gasteiger partial charge in [-0.25, -0.2) is 0 Å². The largest absolute Gasteiger partial charge is 0.507 e. The number of aliphatic hydroxyl groups is 1. The first-order valence-corrected chi connectivity index (χ1v) is 5.70. The van der Waals surface area contributed by atoms with E-state index in [-0.39, 0.29) is 0 Å². The zero-order valence-electron chi connectivity index (χ0n) is 8.42. The van der Waals surface area contributed by atoms with Gasteiger partial charge < -0.3 is 5.11 Å². The molecule has 0 aromatic rings. The molecule has 0 heterocycles. The summed E-state index contributed by atoms with van der Waals surface area (Å²) in [5.41, 5.74) is 4.03. The van der Waals surface area contributed by atoms with Gasteiger partial charge in [0.15, 0.2) is 0 Å². The molecule has 1 N–H and O–H groups in total. The second kappa shape index (κ2) is 3.01. The van der Waals surface area contributed by atoms with Crippen molar-refractivity contribution in [2.45, 2.75) is 38.5 Å². The molecular formula is C13H16O. The molecule has 1 fully saturated rings. The number of rotatable bonds is 0. The van der Waals surface area contributed by atoms with Gasteiger partial charge in [-0.1, -0.05) is 24.1 Å². The van der Waals surface area contributed by atoms with Crippen molar-refractivity contribution in [2.75, 3.05) is 0 Å². The first-order chi connectivity index (χ1) is 6.88. The molecule has 1 nitrogen and oxygen atoms in total. The zero-order valence-corrected chi connectivity index (χ0v) is 8.42. The van der Waals surface area contributed by atoms with Gasteiger partial charge >= 0.3 is 0 Å². The Morgan fingerprint density at radius 3 is 3.00 bits per heavy atom. The molecule has 1 heteroatoms. The quantitative estimate of drug-likeness (QED) is 0.615. The fraction of sp³-hybridized carbons (Fsp3) is 0.538. The molecule has 14 heavy (non-hydrogen) atoms. The van der Waals surface area contributed by atoms with Crippen molar-refractivity contribution >= 4 is 0 Å². The van der Waals surface area contributed by atoms with E-state index in [1.807, 2.05) is 0 Å². The summed E-state index contributed by atoms with van der Waals surface area (Å²) in [6.07, 6.45) is 11.6. The van der Waals surface area contributed by atoms with Crippen LogP contribution in [0.25, 0.3) is 0 Å². The highest BCUT2D eigenvalue weighted by molar-refractivity contribution is 5.53. The predicted molar refractivity (Wildman–Crippen MR) is 57.0 cm³/mol. The molecule has 0 amide bonds. The third-order valence-corrected chi connectivity index (χ3v) is 3.80. The van der Waals surface area contributed by atoms with E-state index in [0.717, 1.165) is 18.4 Å². The van der Waals surface area contributed by atoms with Crippen molar-refractivity contribution in [3.63, 3.8) is 0 Å². The lowest BCUT2D eigenvalue weighted by Crippen LogP contribution is -2.10. The molecule has 1 unspecified atom stereocenters. The van der Waals surface area contributed by atoms with Crippen LogP contribution in [0.1, 0.15) is 38.5 Å². The first kappa shape index (κ1) is 8.34. The maximum Gasteiger partial charge on any atom is 0.122 e. The topological polar surface area (TPSA) is 20.2 Å².